The van der Waals surface area contributed by atoms with Crippen molar-refractivity contribution in [2.24, 2.45) is 11.7 Å². The van der Waals surface area contributed by atoms with Gasteiger partial charge in [0.15, 0.2) is 0 Å². The molecule has 1 aliphatic heterocycles. The number of nitrogens with one attached hydrogen (secondary N) is 12. The number of benzene rings is 3. The minimum absolute atomic E-state index is 0.0139. The number of nitrogens with two attached hydrogens (primary N) is 1. The maximum atomic E-state index is 11.4. The van der Waals surface area contributed by atoms with E-state index in [9.17, 15) is 52.7 Å². The highest BCUT2D eigenvalue weighted by Gasteiger charge is 2.21. The van der Waals surface area contributed by atoms with Crippen LogP contribution < -0.4 is 69.5 Å². The molecule has 2 heterocycles. The van der Waals surface area contributed by atoms with Crippen molar-refractivity contribution in [2.45, 2.75) is 275 Å². The zero-order chi connectivity index (χ0) is 100. The minimum atomic E-state index is -0.604. The van der Waals surface area contributed by atoms with E-state index in [0.29, 0.717) is 25.3 Å². The monoisotopic (exact) mass is 1810 g/mol. The van der Waals surface area contributed by atoms with Crippen LogP contribution in [0.2, 0.25) is 0 Å². The lowest BCUT2D eigenvalue weighted by Crippen LogP contribution is -2.47. The number of morpholine rings is 1. The van der Waals surface area contributed by atoms with Gasteiger partial charge in [-0.15, -0.1) is 6.58 Å². The fourth-order valence-electron chi connectivity index (χ4n) is 11.8. The van der Waals surface area contributed by atoms with E-state index < -0.39 is 12.1 Å². The van der Waals surface area contributed by atoms with Crippen LogP contribution in [-0.2, 0) is 76.7 Å². The molecule has 3 aromatic carbocycles. The summed E-state index contributed by atoms with van der Waals surface area (Å²) in [5.74, 6) is 2.18. The van der Waals surface area contributed by atoms with Crippen LogP contribution >= 0.6 is 0 Å². The number of hydrogen-bond donors (Lipinski definition) is 14. The summed E-state index contributed by atoms with van der Waals surface area (Å²) < 4.78 is 5.23. The first kappa shape index (κ1) is 134. The number of ketones is 11. The fourth-order valence-corrected chi connectivity index (χ4v) is 11.8. The first-order valence-electron chi connectivity index (χ1n) is 45.4. The van der Waals surface area contributed by atoms with Crippen molar-refractivity contribution in [2.75, 3.05) is 137 Å². The molecule has 0 spiro atoms. The van der Waals surface area contributed by atoms with Gasteiger partial charge in [-0.2, -0.15) is 0 Å². The second-order valence-corrected chi connectivity index (χ2v) is 32.3. The number of aromatic nitrogens is 1. The Balaban J connectivity index is -0.000000255. The second kappa shape index (κ2) is 89.3. The molecule has 1 aliphatic rings. The van der Waals surface area contributed by atoms with Gasteiger partial charge in [-0.25, -0.2) is 0 Å². The summed E-state index contributed by atoms with van der Waals surface area (Å²) in [5.41, 5.74) is 13.7. The Kier molecular flexibility index (Phi) is 92.8. The van der Waals surface area contributed by atoms with E-state index in [1.54, 1.807) is 103 Å². The third kappa shape index (κ3) is 80.6. The number of unbranched alkanes of at least 4 members (excludes halogenated alkanes) is 3. The van der Waals surface area contributed by atoms with Crippen LogP contribution in [0.25, 0.3) is 11.1 Å². The lowest BCUT2D eigenvalue weighted by Gasteiger charge is -2.29. The number of carbonyl (C=O) groups excluding carboxylic acids is 11. The van der Waals surface area contributed by atoms with Gasteiger partial charge < -0.3 is 84.2 Å². The summed E-state index contributed by atoms with van der Waals surface area (Å²) in [4.78, 5) is 126. The van der Waals surface area contributed by atoms with Gasteiger partial charge in [0, 0.05) is 45.0 Å². The molecule has 738 valence electrons. The van der Waals surface area contributed by atoms with Gasteiger partial charge in [0.2, 0.25) is 0 Å². The zero-order valence-electron chi connectivity index (χ0n) is 85.4. The van der Waals surface area contributed by atoms with Crippen LogP contribution in [0.1, 0.15) is 206 Å². The Hall–Kier alpha value is -7.98. The van der Waals surface area contributed by atoms with Crippen molar-refractivity contribution in [1.82, 2.24) is 73.7 Å². The van der Waals surface area contributed by atoms with Gasteiger partial charge in [0.1, 0.15) is 63.6 Å². The quantitative estimate of drug-likeness (QED) is 0.0144. The number of likely N-dealkylation sites (N-methyl/N-ethyl adjacent to an activating group) is 11. The van der Waals surface area contributed by atoms with Gasteiger partial charge in [-0.3, -0.25) is 57.8 Å². The number of ether oxygens (including phenoxy) is 1. The van der Waals surface area contributed by atoms with E-state index in [1.165, 1.54) is 67.0 Å². The normalized spacial score (nSPS) is 13.5. The molecule has 11 atom stereocenters. The molecule has 15 N–H and O–H groups in total. The first-order chi connectivity index (χ1) is 60.8. The second-order valence-electron chi connectivity index (χ2n) is 32.3. The number of pyridine rings is 1. The maximum absolute atomic E-state index is 11.4. The molecule has 1 saturated heterocycles. The van der Waals surface area contributed by atoms with Gasteiger partial charge >= 0.3 is 0 Å². The lowest BCUT2D eigenvalue weighted by atomic mass is 9.99. The molecule has 5 rings (SSSR count). The largest absolute Gasteiger partial charge is 0.391 e. The highest BCUT2D eigenvalue weighted by Crippen LogP contribution is 2.20. The summed E-state index contributed by atoms with van der Waals surface area (Å²) in [6.07, 6.45) is 14.8. The SMILES string of the molecule is C=C(C)CCNC.C=C(C)CNC.CCCCC[C@@H](NC)C(C)=O.CN[C@@H](C(C)=O)C(C)C.CN[C@@H](C(C)=O)C(C)O.CN[C@H](C)C(C)=O.CN[C@H](CCC(C)=O)C(C)=O.CN[C@H](CCCCN)C(C)=O.CN[C@H](CN1CCOCC1)C(C)=O.CN[C@H](Cc1ccc(-c2ccccc2)cc1)C(C)=O.CN[C@H](Cc1ccccc1)C(C)=O.CN[C@H](Cc1ccncc1)C(C)=O. The molecule has 129 heavy (non-hydrogen) atoms. The third-order valence-electron chi connectivity index (χ3n) is 20.2. The molecule has 0 radical (unpaired) electrons. The van der Waals surface area contributed by atoms with Crippen molar-refractivity contribution >= 4 is 63.6 Å². The van der Waals surface area contributed by atoms with Gasteiger partial charge in [0.25, 0.3) is 0 Å². The molecule has 0 bridgehead atoms. The zero-order valence-corrected chi connectivity index (χ0v) is 85.4. The van der Waals surface area contributed by atoms with Crippen LogP contribution in [0.5, 0.6) is 0 Å². The summed E-state index contributed by atoms with van der Waals surface area (Å²) in [6, 6.07) is 31.9. The molecule has 0 aliphatic carbocycles. The average Bonchev–Trinajstić information content (AvgIpc) is 0.856. The smallest absolute Gasteiger partial charge is 0.149 e. The molecule has 1 unspecified atom stereocenters. The fraction of sp³-hybridized carbons (Fsp3) is 0.624. The molecule has 0 amide bonds. The summed E-state index contributed by atoms with van der Waals surface area (Å²) in [5, 5.41) is 44.3. The molecule has 1 aromatic heterocycles. The van der Waals surface area contributed by atoms with Gasteiger partial charge in [-0.1, -0.05) is 149 Å². The third-order valence-corrected chi connectivity index (χ3v) is 20.2. The number of Topliss-reactive ketones (excluding diaryl/α,β-unsaturated/α-hetero) is 11. The number of carbonyl (C=O) groups is 11. The van der Waals surface area contributed by atoms with E-state index in [0.717, 1.165) is 109 Å². The Labute approximate surface area is 780 Å². The number of aliphatic hydroxyl groups is 1. The lowest BCUT2D eigenvalue weighted by molar-refractivity contribution is -0.121. The van der Waals surface area contributed by atoms with Crippen LogP contribution in [-0.4, -0.2) is 282 Å². The van der Waals surface area contributed by atoms with Crippen LogP contribution in [0.4, 0.5) is 0 Å². The van der Waals surface area contributed by atoms with E-state index in [1.807, 2.05) is 152 Å². The molecular weight excluding hydrogens is 1630 g/mol. The van der Waals surface area contributed by atoms with Gasteiger partial charge in [0.05, 0.1) is 79.7 Å². The van der Waals surface area contributed by atoms with Crippen molar-refractivity contribution in [3.63, 3.8) is 0 Å². The Morgan fingerprint density at radius 3 is 1.02 bits per heavy atom. The van der Waals surface area contributed by atoms with Crippen LogP contribution in [0.15, 0.2) is 134 Å². The number of nitrogens with zero attached hydrogens (tertiary/aromatic N) is 2. The van der Waals surface area contributed by atoms with Crippen molar-refractivity contribution in [3.8, 4) is 11.1 Å². The first-order valence-corrected chi connectivity index (χ1v) is 45.4. The number of hydrogen-bond acceptors (Lipinski definition) is 28. The van der Waals surface area contributed by atoms with Crippen molar-refractivity contribution in [3.05, 3.63) is 150 Å². The predicted molar refractivity (Wildman–Crippen MR) is 537 cm³/mol. The van der Waals surface area contributed by atoms with E-state index in [4.69, 9.17) is 15.6 Å². The standard InChI is InChI=1S/C17H19NO.C11H15NO.C10H14N2O.C9H18N2O2.C9H19NO.C8H18N2O.C8H15NO2.C7H15NO.C6H13NO2.C6H13N.C5H11NO.C5H11N/c1-13(19)17(18-2)12-14-8-10-16(11-9-14)15-6-4-3-5-7-15;1-9(13)11(12-2)8-10-6-4-3-5-7-10;1-8(13)10(11-2)7-9-3-5-12-6-4-9;1-8(12)9(10-2)7-11-3-5-13-6-4-11;1-4-5-6-7-9(10-3)8(2)11;1-7(11)8(10-2)5-3-4-6-9;1-6(10)4-5-8(9-3)7(2)11;1-5(2)7(8-4)6(3)9;1-4(8)6(7-3)5(2)9;1-6(2)4-5-7-3;1-4(6-3)5(2)7;1-5(2)4-6-3/h3-11,17-18H,12H2,1-2H3;3-7,11-12H,8H2,1-2H3;3-6,10-11H,7H2,1-2H3;9-10H,3-7H2,1-2H3;9-10H,4-7H2,1-3H3;8,10H,3-6,9H2,1-2H3;8-9H,4-5H2,1-3H3;5,7-8H,1-4H3;4,6-8H,1-3H3;7H,1,4-5H2,2-3H3;4,6H,1-3H3;6H,1,4H2,2-3H3/t17-;11-;10-;2*9-;2*8-;7-;4?,6-;;4-;/m111111111.1./s1. The van der Waals surface area contributed by atoms with Crippen molar-refractivity contribution < 1.29 is 62.6 Å². The van der Waals surface area contributed by atoms with Gasteiger partial charge in [-0.05, 0) is 299 Å². The molecule has 1 fully saturated rings. The summed E-state index contributed by atoms with van der Waals surface area (Å²) >= 11 is 0. The summed E-state index contributed by atoms with van der Waals surface area (Å²) in [6.45, 7) is 45.5. The Morgan fingerprint density at radius 2 is 0.767 bits per heavy atom. The van der Waals surface area contributed by atoms with Crippen LogP contribution in [0, 0.1) is 5.92 Å². The Morgan fingerprint density at radius 1 is 0.403 bits per heavy atom. The predicted octanol–water partition coefficient (Wildman–Crippen LogP) is 9.85. The molecule has 0 saturated carbocycles. The molecule has 4 aromatic rings. The highest BCUT2D eigenvalue weighted by molar-refractivity contribution is 5.85. The molecular formula is C101H181N15O13. The van der Waals surface area contributed by atoms with E-state index in [2.05, 4.69) is 130 Å². The number of rotatable bonds is 47. The maximum Gasteiger partial charge on any atom is 0.149 e. The summed E-state index contributed by atoms with van der Waals surface area (Å²) in [7, 11) is 21.7. The van der Waals surface area contributed by atoms with E-state index in [-0.39, 0.29) is 118 Å². The highest BCUT2D eigenvalue weighted by atomic mass is 16.5. The minimum Gasteiger partial charge on any atom is -0.391 e. The Bertz CT molecular complexity index is 3420. The van der Waals surface area contributed by atoms with Crippen molar-refractivity contribution in [1.29, 1.82) is 0 Å². The molecule has 28 heteroatoms. The number of aliphatic hydroxyl groups excluding tert-OH is 1. The van der Waals surface area contributed by atoms with E-state index >= 15 is 0 Å². The van der Waals surface area contributed by atoms with Crippen LogP contribution in [0.3, 0.4) is 0 Å². The molecule has 28 nitrogen and oxygen atoms in total. The topological polar surface area (TPSA) is 404 Å². The average molecular weight is 1810 g/mol.